The number of hydrogen-bond donors (Lipinski definition) is 3. The van der Waals surface area contributed by atoms with Crippen molar-refractivity contribution in [2.45, 2.75) is 31.3 Å². The van der Waals surface area contributed by atoms with Gasteiger partial charge in [0, 0.05) is 13.3 Å². The molecule has 6 heteroatoms. The Bertz CT molecular complexity index is 956. The first kappa shape index (κ1) is 22.7. The summed E-state index contributed by atoms with van der Waals surface area (Å²) in [6, 6.07) is 27.8. The van der Waals surface area contributed by atoms with E-state index in [4.69, 9.17) is 0 Å². The number of rotatable bonds is 9. The van der Waals surface area contributed by atoms with Gasteiger partial charge in [0.1, 0.15) is 11.6 Å². The molecule has 0 radical (unpaired) electrons. The molecule has 0 spiro atoms. The second kappa shape index (κ2) is 10.4. The van der Waals surface area contributed by atoms with E-state index in [0.717, 1.165) is 16.7 Å². The van der Waals surface area contributed by atoms with Crippen LogP contribution in [-0.2, 0) is 19.9 Å². The smallest absolute Gasteiger partial charge is 0.326 e. The predicted molar refractivity (Wildman–Crippen MR) is 122 cm³/mol. The van der Waals surface area contributed by atoms with Gasteiger partial charge in [-0.25, -0.2) is 4.79 Å². The molecule has 0 aliphatic heterocycles. The number of aliphatic carboxylic acids is 1. The fourth-order valence-electron chi connectivity index (χ4n) is 3.83. The highest BCUT2D eigenvalue weighted by molar-refractivity contribution is 5.84. The molecule has 32 heavy (non-hydrogen) atoms. The number of carboxylic acids is 1. The van der Waals surface area contributed by atoms with Gasteiger partial charge in [0.25, 0.3) is 0 Å². The summed E-state index contributed by atoms with van der Waals surface area (Å²) in [6.07, 6.45) is -0.0826. The number of benzene rings is 3. The van der Waals surface area contributed by atoms with Gasteiger partial charge in [-0.2, -0.15) is 0 Å². The predicted octanol–water partition coefficient (Wildman–Crippen LogP) is 3.46. The Balaban J connectivity index is 2.01. The molecule has 6 nitrogen and oxygen atoms in total. The molecule has 3 aromatic carbocycles. The first-order valence-corrected chi connectivity index (χ1v) is 10.4. The quantitative estimate of drug-likeness (QED) is 0.453. The molecule has 3 aromatic rings. The fourth-order valence-corrected chi connectivity index (χ4v) is 3.83. The molecule has 0 aliphatic rings. The maximum atomic E-state index is 13.2. The molecular weight excluding hydrogens is 404 g/mol. The van der Waals surface area contributed by atoms with E-state index in [-0.39, 0.29) is 18.7 Å². The summed E-state index contributed by atoms with van der Waals surface area (Å²) in [5, 5.41) is 14.9. The zero-order chi connectivity index (χ0) is 23.0. The number of hydrogen-bond acceptors (Lipinski definition) is 3. The average molecular weight is 431 g/mol. The molecule has 164 valence electrons. The van der Waals surface area contributed by atoms with Crippen LogP contribution in [0.5, 0.6) is 0 Å². The lowest BCUT2D eigenvalue weighted by molar-refractivity contribution is -0.141. The lowest BCUT2D eigenvalue weighted by atomic mass is 9.77. The van der Waals surface area contributed by atoms with Gasteiger partial charge in [0.05, 0.1) is 0 Å². The minimum Gasteiger partial charge on any atom is -0.480 e. The van der Waals surface area contributed by atoms with Crippen molar-refractivity contribution in [2.24, 2.45) is 0 Å². The van der Waals surface area contributed by atoms with E-state index in [1.807, 2.05) is 91.0 Å². The van der Waals surface area contributed by atoms with Gasteiger partial charge < -0.3 is 15.7 Å². The maximum Gasteiger partial charge on any atom is 0.326 e. The second-order valence-corrected chi connectivity index (χ2v) is 7.53. The van der Waals surface area contributed by atoms with E-state index in [1.165, 1.54) is 6.92 Å². The highest BCUT2D eigenvalue weighted by atomic mass is 16.4. The highest BCUT2D eigenvalue weighted by Crippen LogP contribution is 2.36. The van der Waals surface area contributed by atoms with E-state index < -0.39 is 23.5 Å². The standard InChI is InChI=1S/C26H26N2O4/c1-19(29)27-23(25(31)32)17-18-24(30)28-26(20-11-5-2-6-12-20,21-13-7-3-8-14-21)22-15-9-4-10-16-22/h2-16,23H,17-18H2,1H3,(H,27,29)(H,28,30)(H,31,32). The summed E-state index contributed by atoms with van der Waals surface area (Å²) in [5.74, 6) is -1.95. The van der Waals surface area contributed by atoms with E-state index in [0.29, 0.717) is 0 Å². The molecule has 1 unspecified atom stereocenters. The molecule has 0 bridgehead atoms. The van der Waals surface area contributed by atoms with Crippen molar-refractivity contribution in [1.82, 2.24) is 10.6 Å². The molecule has 3 N–H and O–H groups in total. The third-order valence-electron chi connectivity index (χ3n) is 5.28. The van der Waals surface area contributed by atoms with Crippen LogP contribution < -0.4 is 10.6 Å². The monoisotopic (exact) mass is 430 g/mol. The van der Waals surface area contributed by atoms with Crippen LogP contribution >= 0.6 is 0 Å². The van der Waals surface area contributed by atoms with E-state index >= 15 is 0 Å². The fraction of sp³-hybridized carbons (Fsp3) is 0.192. The Labute approximate surface area is 187 Å². The molecule has 1 atom stereocenters. The number of carboxylic acid groups (broad SMARTS) is 1. The average Bonchev–Trinajstić information content (AvgIpc) is 2.81. The van der Waals surface area contributed by atoms with Crippen molar-refractivity contribution >= 4 is 17.8 Å². The Morgan fingerprint density at radius 3 is 1.53 bits per heavy atom. The van der Waals surface area contributed by atoms with Crippen molar-refractivity contribution in [3.05, 3.63) is 108 Å². The summed E-state index contributed by atoms with van der Waals surface area (Å²) < 4.78 is 0. The van der Waals surface area contributed by atoms with Crippen molar-refractivity contribution in [3.8, 4) is 0 Å². The molecule has 0 saturated heterocycles. The van der Waals surface area contributed by atoms with Crippen LogP contribution in [0.4, 0.5) is 0 Å². The molecule has 0 aromatic heterocycles. The van der Waals surface area contributed by atoms with Crippen molar-refractivity contribution in [3.63, 3.8) is 0 Å². The SMILES string of the molecule is CC(=O)NC(CCC(=O)NC(c1ccccc1)(c1ccccc1)c1ccccc1)C(=O)O. The summed E-state index contributed by atoms with van der Waals surface area (Å²) in [7, 11) is 0. The maximum absolute atomic E-state index is 13.2. The molecular formula is C26H26N2O4. The van der Waals surface area contributed by atoms with E-state index in [1.54, 1.807) is 0 Å². The summed E-state index contributed by atoms with van der Waals surface area (Å²) in [4.78, 5) is 35.9. The van der Waals surface area contributed by atoms with Gasteiger partial charge in [-0.1, -0.05) is 91.0 Å². The number of carbonyl (C=O) groups excluding carboxylic acids is 2. The van der Waals surface area contributed by atoms with Gasteiger partial charge in [0.2, 0.25) is 11.8 Å². The van der Waals surface area contributed by atoms with Gasteiger partial charge in [-0.3, -0.25) is 9.59 Å². The zero-order valence-corrected chi connectivity index (χ0v) is 17.8. The number of nitrogens with one attached hydrogen (secondary N) is 2. The third-order valence-corrected chi connectivity index (χ3v) is 5.28. The lowest BCUT2D eigenvalue weighted by Gasteiger charge is -2.37. The Morgan fingerprint density at radius 2 is 1.19 bits per heavy atom. The van der Waals surface area contributed by atoms with Gasteiger partial charge in [0.15, 0.2) is 0 Å². The largest absolute Gasteiger partial charge is 0.480 e. The number of amides is 2. The molecule has 0 fully saturated rings. The Hall–Kier alpha value is -3.93. The van der Waals surface area contributed by atoms with E-state index in [9.17, 15) is 19.5 Å². The van der Waals surface area contributed by atoms with Gasteiger partial charge in [-0.15, -0.1) is 0 Å². The van der Waals surface area contributed by atoms with Crippen LogP contribution in [0.1, 0.15) is 36.5 Å². The number of carbonyl (C=O) groups is 3. The minimum atomic E-state index is -1.17. The second-order valence-electron chi connectivity index (χ2n) is 7.53. The normalized spacial score (nSPS) is 11.9. The Morgan fingerprint density at radius 1 is 0.781 bits per heavy atom. The first-order chi connectivity index (χ1) is 15.4. The molecule has 0 heterocycles. The molecule has 0 aliphatic carbocycles. The molecule has 2 amide bonds. The van der Waals surface area contributed by atoms with Crippen LogP contribution in [0.25, 0.3) is 0 Å². The van der Waals surface area contributed by atoms with Gasteiger partial charge in [-0.05, 0) is 23.1 Å². The van der Waals surface area contributed by atoms with E-state index in [2.05, 4.69) is 10.6 Å². The Kier molecular flexibility index (Phi) is 7.39. The topological polar surface area (TPSA) is 95.5 Å². The highest BCUT2D eigenvalue weighted by Gasteiger charge is 2.37. The van der Waals surface area contributed by atoms with Crippen LogP contribution in [0.15, 0.2) is 91.0 Å². The lowest BCUT2D eigenvalue weighted by Crippen LogP contribution is -2.48. The van der Waals surface area contributed by atoms with Crippen molar-refractivity contribution in [2.75, 3.05) is 0 Å². The van der Waals surface area contributed by atoms with Crippen LogP contribution in [0.3, 0.4) is 0 Å². The third kappa shape index (κ3) is 5.21. The van der Waals surface area contributed by atoms with Gasteiger partial charge >= 0.3 is 5.97 Å². The molecule has 0 saturated carbocycles. The molecule has 3 rings (SSSR count). The van der Waals surface area contributed by atoms with Crippen molar-refractivity contribution in [1.29, 1.82) is 0 Å². The summed E-state index contributed by atoms with van der Waals surface area (Å²) in [5.41, 5.74) is 1.67. The minimum absolute atomic E-state index is 0.0187. The zero-order valence-electron chi connectivity index (χ0n) is 17.8. The first-order valence-electron chi connectivity index (χ1n) is 10.4. The van der Waals surface area contributed by atoms with Crippen LogP contribution in [0.2, 0.25) is 0 Å². The summed E-state index contributed by atoms with van der Waals surface area (Å²) >= 11 is 0. The van der Waals surface area contributed by atoms with Crippen LogP contribution in [-0.4, -0.2) is 28.9 Å². The van der Waals surface area contributed by atoms with Crippen molar-refractivity contribution < 1.29 is 19.5 Å². The van der Waals surface area contributed by atoms with Crippen LogP contribution in [0, 0.1) is 0 Å². The summed E-state index contributed by atoms with van der Waals surface area (Å²) in [6.45, 7) is 1.25.